The first-order valence-electron chi connectivity index (χ1n) is 7.75. The summed E-state index contributed by atoms with van der Waals surface area (Å²) in [7, 11) is 0. The molecule has 1 saturated carbocycles. The zero-order valence-corrected chi connectivity index (χ0v) is 13.6. The van der Waals surface area contributed by atoms with Crippen molar-refractivity contribution in [2.24, 2.45) is 0 Å². The van der Waals surface area contributed by atoms with Crippen molar-refractivity contribution < 1.29 is 18.0 Å². The number of nitrogens with zero attached hydrogens (tertiary/aromatic N) is 2. The second kappa shape index (κ2) is 6.88. The summed E-state index contributed by atoms with van der Waals surface area (Å²) in [6.45, 7) is 0. The standard InChI is InChI=1S/C16H16F3N3OS/c17-16(18,19)12-8-4-7-11(9-12)13(23)20-15-22-21-14(24-15)10-5-2-1-3-6-10/h4,7-10H,1-3,5-6H2,(H,20,22,23). The number of hydrogen-bond donors (Lipinski definition) is 1. The summed E-state index contributed by atoms with van der Waals surface area (Å²) in [4.78, 5) is 12.1. The summed E-state index contributed by atoms with van der Waals surface area (Å²) in [5.41, 5.74) is -0.908. The van der Waals surface area contributed by atoms with E-state index in [0.717, 1.165) is 42.8 Å². The van der Waals surface area contributed by atoms with Gasteiger partial charge < -0.3 is 0 Å². The van der Waals surface area contributed by atoms with E-state index in [1.807, 2.05) is 0 Å². The molecule has 0 saturated heterocycles. The van der Waals surface area contributed by atoms with Crippen LogP contribution in [0.2, 0.25) is 0 Å². The molecule has 1 fully saturated rings. The summed E-state index contributed by atoms with van der Waals surface area (Å²) >= 11 is 1.30. The van der Waals surface area contributed by atoms with E-state index < -0.39 is 17.6 Å². The molecule has 0 spiro atoms. The molecule has 0 radical (unpaired) electrons. The molecule has 1 amide bonds. The molecule has 1 heterocycles. The Kier molecular flexibility index (Phi) is 4.84. The van der Waals surface area contributed by atoms with Crippen molar-refractivity contribution in [3.05, 3.63) is 40.4 Å². The maximum atomic E-state index is 12.7. The Bertz CT molecular complexity index is 723. The Balaban J connectivity index is 1.70. The molecule has 0 unspecified atom stereocenters. The molecule has 0 aliphatic heterocycles. The minimum atomic E-state index is -4.48. The van der Waals surface area contributed by atoms with Crippen LogP contribution in [0.1, 0.15) is 59.0 Å². The topological polar surface area (TPSA) is 54.9 Å². The summed E-state index contributed by atoms with van der Waals surface area (Å²) in [5.74, 6) is -0.247. The third kappa shape index (κ3) is 3.92. The minimum absolute atomic E-state index is 0.0563. The molecule has 1 aromatic carbocycles. The molecular formula is C16H16F3N3OS. The monoisotopic (exact) mass is 355 g/mol. The van der Waals surface area contributed by atoms with Crippen LogP contribution in [0.4, 0.5) is 18.3 Å². The summed E-state index contributed by atoms with van der Waals surface area (Å²) < 4.78 is 38.1. The molecule has 128 valence electrons. The van der Waals surface area contributed by atoms with Gasteiger partial charge in [0.2, 0.25) is 5.13 Å². The number of anilines is 1. The number of nitrogens with one attached hydrogen (secondary N) is 1. The first-order valence-corrected chi connectivity index (χ1v) is 8.57. The third-order valence-corrected chi connectivity index (χ3v) is 5.07. The highest BCUT2D eigenvalue weighted by Gasteiger charge is 2.31. The van der Waals surface area contributed by atoms with Crippen LogP contribution in [0.15, 0.2) is 24.3 Å². The van der Waals surface area contributed by atoms with E-state index in [9.17, 15) is 18.0 Å². The molecule has 0 atom stereocenters. The number of amides is 1. The molecule has 0 bridgehead atoms. The number of alkyl halides is 3. The molecular weight excluding hydrogens is 339 g/mol. The van der Waals surface area contributed by atoms with Crippen molar-refractivity contribution in [2.45, 2.75) is 44.2 Å². The highest BCUT2D eigenvalue weighted by atomic mass is 32.1. The van der Waals surface area contributed by atoms with Gasteiger partial charge in [0, 0.05) is 11.5 Å². The number of benzene rings is 1. The Morgan fingerprint density at radius 3 is 2.62 bits per heavy atom. The van der Waals surface area contributed by atoms with E-state index >= 15 is 0 Å². The van der Waals surface area contributed by atoms with Crippen LogP contribution >= 0.6 is 11.3 Å². The highest BCUT2D eigenvalue weighted by Crippen LogP contribution is 2.35. The summed E-state index contributed by atoms with van der Waals surface area (Å²) in [6.07, 6.45) is 1.21. The van der Waals surface area contributed by atoms with Gasteiger partial charge in [-0.3, -0.25) is 10.1 Å². The zero-order chi connectivity index (χ0) is 17.2. The number of carbonyl (C=O) groups excluding carboxylic acids is 1. The molecule has 1 N–H and O–H groups in total. The number of carbonyl (C=O) groups is 1. The van der Waals surface area contributed by atoms with Crippen molar-refractivity contribution in [1.29, 1.82) is 0 Å². The van der Waals surface area contributed by atoms with E-state index in [1.165, 1.54) is 29.9 Å². The van der Waals surface area contributed by atoms with Crippen molar-refractivity contribution in [3.63, 3.8) is 0 Å². The van der Waals surface area contributed by atoms with Crippen LogP contribution in [0, 0.1) is 0 Å². The average molecular weight is 355 g/mol. The van der Waals surface area contributed by atoms with Crippen LogP contribution < -0.4 is 5.32 Å². The number of hydrogen-bond acceptors (Lipinski definition) is 4. The summed E-state index contributed by atoms with van der Waals surface area (Å²) in [5, 5.41) is 11.8. The van der Waals surface area contributed by atoms with E-state index in [1.54, 1.807) is 0 Å². The van der Waals surface area contributed by atoms with Gasteiger partial charge in [-0.2, -0.15) is 13.2 Å². The average Bonchev–Trinajstić information content (AvgIpc) is 3.03. The van der Waals surface area contributed by atoms with Gasteiger partial charge in [-0.1, -0.05) is 36.7 Å². The fourth-order valence-corrected chi connectivity index (χ4v) is 3.71. The lowest BCUT2D eigenvalue weighted by molar-refractivity contribution is -0.137. The lowest BCUT2D eigenvalue weighted by Gasteiger charge is -2.18. The van der Waals surface area contributed by atoms with Gasteiger partial charge in [-0.15, -0.1) is 10.2 Å². The van der Waals surface area contributed by atoms with Crippen molar-refractivity contribution >= 4 is 22.4 Å². The van der Waals surface area contributed by atoms with Crippen LogP contribution in [0.3, 0.4) is 0 Å². The zero-order valence-electron chi connectivity index (χ0n) is 12.8. The van der Waals surface area contributed by atoms with Crippen LogP contribution in [0.5, 0.6) is 0 Å². The smallest absolute Gasteiger partial charge is 0.296 e. The van der Waals surface area contributed by atoms with E-state index in [0.29, 0.717) is 11.0 Å². The molecule has 3 rings (SSSR count). The highest BCUT2D eigenvalue weighted by molar-refractivity contribution is 7.15. The SMILES string of the molecule is O=C(Nc1nnc(C2CCCCC2)s1)c1cccc(C(F)(F)F)c1. The number of halogens is 3. The normalized spacial score (nSPS) is 16.1. The summed E-state index contributed by atoms with van der Waals surface area (Å²) in [6, 6.07) is 4.32. The Labute approximate surface area is 141 Å². The molecule has 1 aliphatic carbocycles. The maximum absolute atomic E-state index is 12.7. The van der Waals surface area contributed by atoms with Gasteiger partial charge in [0.15, 0.2) is 0 Å². The van der Waals surface area contributed by atoms with Crippen molar-refractivity contribution in [3.8, 4) is 0 Å². The third-order valence-electron chi connectivity index (χ3n) is 4.07. The van der Waals surface area contributed by atoms with Crippen molar-refractivity contribution in [2.75, 3.05) is 5.32 Å². The molecule has 1 aliphatic rings. The molecule has 4 nitrogen and oxygen atoms in total. The molecule has 8 heteroatoms. The van der Waals surface area contributed by atoms with Gasteiger partial charge >= 0.3 is 6.18 Å². The fraction of sp³-hybridized carbons (Fsp3) is 0.438. The van der Waals surface area contributed by atoms with Crippen LogP contribution in [0.25, 0.3) is 0 Å². The van der Waals surface area contributed by atoms with E-state index in [-0.39, 0.29) is 5.56 Å². The Morgan fingerprint density at radius 1 is 1.17 bits per heavy atom. The van der Waals surface area contributed by atoms with Gasteiger partial charge in [0.1, 0.15) is 5.01 Å². The van der Waals surface area contributed by atoms with E-state index in [4.69, 9.17) is 0 Å². The van der Waals surface area contributed by atoms with Gasteiger partial charge in [0.25, 0.3) is 5.91 Å². The predicted octanol–water partition coefficient (Wildman–Crippen LogP) is 4.86. The maximum Gasteiger partial charge on any atom is 0.416 e. The quantitative estimate of drug-likeness (QED) is 0.856. The van der Waals surface area contributed by atoms with Crippen LogP contribution in [-0.4, -0.2) is 16.1 Å². The molecule has 2 aromatic rings. The first kappa shape index (κ1) is 16.9. The second-order valence-corrected chi connectivity index (χ2v) is 6.82. The van der Waals surface area contributed by atoms with Gasteiger partial charge in [0.05, 0.1) is 5.56 Å². The Morgan fingerprint density at radius 2 is 1.92 bits per heavy atom. The lowest BCUT2D eigenvalue weighted by Crippen LogP contribution is -2.13. The fourth-order valence-electron chi connectivity index (χ4n) is 2.81. The van der Waals surface area contributed by atoms with Gasteiger partial charge in [-0.05, 0) is 31.0 Å². The Hall–Kier alpha value is -1.96. The molecule has 1 aromatic heterocycles. The predicted molar refractivity (Wildman–Crippen MR) is 85.1 cm³/mol. The minimum Gasteiger partial charge on any atom is -0.296 e. The van der Waals surface area contributed by atoms with E-state index in [2.05, 4.69) is 15.5 Å². The van der Waals surface area contributed by atoms with Crippen molar-refractivity contribution in [1.82, 2.24) is 10.2 Å². The lowest BCUT2D eigenvalue weighted by atomic mass is 9.90. The largest absolute Gasteiger partial charge is 0.416 e. The number of rotatable bonds is 3. The van der Waals surface area contributed by atoms with Gasteiger partial charge in [-0.25, -0.2) is 0 Å². The second-order valence-electron chi connectivity index (χ2n) is 5.81. The number of aromatic nitrogens is 2. The van der Waals surface area contributed by atoms with Crippen LogP contribution in [-0.2, 0) is 6.18 Å². The molecule has 24 heavy (non-hydrogen) atoms. The first-order chi connectivity index (χ1) is 11.4.